The lowest BCUT2D eigenvalue weighted by Crippen LogP contribution is -2.40. The minimum absolute atomic E-state index is 0.505. The van der Waals surface area contributed by atoms with Gasteiger partial charge in [-0.25, -0.2) is 9.97 Å². The van der Waals surface area contributed by atoms with Crippen LogP contribution in [-0.2, 0) is 6.42 Å². The molecule has 1 unspecified atom stereocenters. The Morgan fingerprint density at radius 1 is 1.33 bits per heavy atom. The molecule has 0 saturated carbocycles. The van der Waals surface area contributed by atoms with E-state index < -0.39 is 0 Å². The Kier molecular flexibility index (Phi) is 6.23. The van der Waals surface area contributed by atoms with Crippen molar-refractivity contribution in [2.45, 2.75) is 52.0 Å². The van der Waals surface area contributed by atoms with E-state index in [1.165, 1.54) is 25.8 Å². The molecule has 5 heteroatoms. The summed E-state index contributed by atoms with van der Waals surface area (Å²) in [6.07, 6.45) is 7.36. The quantitative estimate of drug-likeness (QED) is 0.837. The maximum atomic E-state index is 6.03. The molecular weight excluding hydrogens is 264 g/mol. The number of hydrogen-bond donors (Lipinski definition) is 1. The van der Waals surface area contributed by atoms with Crippen LogP contribution in [0.3, 0.4) is 0 Å². The average molecular weight is 292 g/mol. The molecule has 0 amide bonds. The van der Waals surface area contributed by atoms with Gasteiger partial charge in [-0.3, -0.25) is 0 Å². The lowest BCUT2D eigenvalue weighted by atomic mass is 10.0. The largest absolute Gasteiger partial charge is 0.476 e. The molecule has 0 spiro atoms. The molecule has 21 heavy (non-hydrogen) atoms. The molecule has 118 valence electrons. The molecule has 0 bridgehead atoms. The highest BCUT2D eigenvalue weighted by Gasteiger charge is 2.20. The fourth-order valence-electron chi connectivity index (χ4n) is 2.76. The number of likely N-dealkylation sites (tertiary alicyclic amines) is 1. The maximum Gasteiger partial charge on any atom is 0.221 e. The summed E-state index contributed by atoms with van der Waals surface area (Å²) in [6, 6.07) is 0.505. The highest BCUT2D eigenvalue weighted by Crippen LogP contribution is 2.24. The molecule has 2 heterocycles. The second kappa shape index (κ2) is 8.17. The molecule has 0 aromatic carbocycles. The van der Waals surface area contributed by atoms with Crippen molar-refractivity contribution >= 4 is 5.82 Å². The van der Waals surface area contributed by atoms with Gasteiger partial charge in [-0.1, -0.05) is 20.3 Å². The Bertz CT molecular complexity index is 438. The number of nitrogens with one attached hydrogen (secondary N) is 1. The van der Waals surface area contributed by atoms with Crippen molar-refractivity contribution in [3.8, 4) is 5.88 Å². The van der Waals surface area contributed by atoms with Gasteiger partial charge in [0.25, 0.3) is 0 Å². The smallest absolute Gasteiger partial charge is 0.221 e. The first-order valence-electron chi connectivity index (χ1n) is 8.17. The molecule has 1 aromatic rings. The van der Waals surface area contributed by atoms with E-state index in [-0.39, 0.29) is 0 Å². The van der Waals surface area contributed by atoms with E-state index in [0.717, 1.165) is 36.6 Å². The molecule has 1 aromatic heterocycles. The first-order valence-corrected chi connectivity index (χ1v) is 8.17. The van der Waals surface area contributed by atoms with Crippen LogP contribution in [0.25, 0.3) is 0 Å². The fourth-order valence-corrected chi connectivity index (χ4v) is 2.76. The van der Waals surface area contributed by atoms with E-state index in [2.05, 4.69) is 41.1 Å². The number of piperidine rings is 1. The van der Waals surface area contributed by atoms with Gasteiger partial charge in [0.15, 0.2) is 0 Å². The van der Waals surface area contributed by atoms with Gasteiger partial charge in [-0.15, -0.1) is 0 Å². The molecule has 1 fully saturated rings. The van der Waals surface area contributed by atoms with E-state index in [4.69, 9.17) is 4.74 Å². The highest BCUT2D eigenvalue weighted by atomic mass is 16.5. The molecule has 1 aliphatic rings. The normalized spacial score (nSPS) is 19.5. The lowest BCUT2D eigenvalue weighted by Gasteiger charge is -2.32. The molecule has 0 radical (unpaired) electrons. The first-order chi connectivity index (χ1) is 10.3. The number of anilines is 1. The summed E-state index contributed by atoms with van der Waals surface area (Å²) in [5.74, 6) is 1.66. The molecule has 5 nitrogen and oxygen atoms in total. The Hall–Kier alpha value is -1.36. The molecule has 1 N–H and O–H groups in total. The zero-order valence-electron chi connectivity index (χ0n) is 13.6. The summed E-state index contributed by atoms with van der Waals surface area (Å²) in [4.78, 5) is 11.1. The summed E-state index contributed by atoms with van der Waals surface area (Å²) in [6.45, 7) is 7.08. The van der Waals surface area contributed by atoms with Crippen LogP contribution in [0.4, 0.5) is 5.82 Å². The van der Waals surface area contributed by atoms with E-state index in [1.807, 2.05) is 0 Å². The standard InChI is InChI=1S/C16H28N4O/c1-4-9-17-15-14(5-2)16(19-12-18-15)21-11-13-8-6-7-10-20(13)3/h12-13H,4-11H2,1-3H3,(H,17,18,19). The van der Waals surface area contributed by atoms with Crippen molar-refractivity contribution in [2.24, 2.45) is 0 Å². The van der Waals surface area contributed by atoms with E-state index in [0.29, 0.717) is 12.6 Å². The third-order valence-corrected chi connectivity index (χ3v) is 4.14. The third kappa shape index (κ3) is 4.30. The summed E-state index contributed by atoms with van der Waals surface area (Å²) in [7, 11) is 2.18. The van der Waals surface area contributed by atoms with E-state index >= 15 is 0 Å². The number of aromatic nitrogens is 2. The third-order valence-electron chi connectivity index (χ3n) is 4.14. The summed E-state index contributed by atoms with van der Waals surface area (Å²) >= 11 is 0. The fraction of sp³-hybridized carbons (Fsp3) is 0.750. The van der Waals surface area contributed by atoms with Gasteiger partial charge in [-0.2, -0.15) is 0 Å². The Labute approximate surface area is 128 Å². The molecular formula is C16H28N4O. The van der Waals surface area contributed by atoms with Gasteiger partial charge in [-0.05, 0) is 39.3 Å². The molecule has 2 rings (SSSR count). The number of rotatable bonds is 7. The maximum absolute atomic E-state index is 6.03. The van der Waals surface area contributed by atoms with Crippen molar-refractivity contribution in [3.05, 3.63) is 11.9 Å². The SMILES string of the molecule is CCCNc1ncnc(OCC2CCCCN2C)c1CC. The molecule has 1 aliphatic heterocycles. The van der Waals surface area contributed by atoms with Crippen LogP contribution in [0, 0.1) is 0 Å². The van der Waals surface area contributed by atoms with Gasteiger partial charge in [0, 0.05) is 12.6 Å². The lowest BCUT2D eigenvalue weighted by molar-refractivity contribution is 0.122. The van der Waals surface area contributed by atoms with E-state index in [9.17, 15) is 0 Å². The van der Waals surface area contributed by atoms with Crippen LogP contribution in [0.5, 0.6) is 5.88 Å². The van der Waals surface area contributed by atoms with Crippen molar-refractivity contribution in [2.75, 3.05) is 32.1 Å². The Morgan fingerprint density at radius 2 is 2.19 bits per heavy atom. The first kappa shape index (κ1) is 16.0. The van der Waals surface area contributed by atoms with Crippen molar-refractivity contribution in [3.63, 3.8) is 0 Å². The zero-order chi connectivity index (χ0) is 15.1. The summed E-state index contributed by atoms with van der Waals surface area (Å²) in [5, 5.41) is 3.36. The van der Waals surface area contributed by atoms with Gasteiger partial charge < -0.3 is 15.0 Å². The number of ether oxygens (including phenoxy) is 1. The zero-order valence-corrected chi connectivity index (χ0v) is 13.6. The second-order valence-corrected chi connectivity index (χ2v) is 5.73. The highest BCUT2D eigenvalue weighted by molar-refractivity contribution is 5.48. The van der Waals surface area contributed by atoms with Crippen molar-refractivity contribution in [1.82, 2.24) is 14.9 Å². The molecule has 0 aliphatic carbocycles. The van der Waals surface area contributed by atoms with Crippen LogP contribution in [0.1, 0.15) is 45.1 Å². The minimum Gasteiger partial charge on any atom is -0.476 e. The predicted octanol–water partition coefficient (Wildman–Crippen LogP) is 2.72. The Balaban J connectivity index is 2.01. The van der Waals surface area contributed by atoms with Crippen molar-refractivity contribution < 1.29 is 4.74 Å². The molecule has 1 saturated heterocycles. The second-order valence-electron chi connectivity index (χ2n) is 5.73. The van der Waals surface area contributed by atoms with Crippen molar-refractivity contribution in [1.29, 1.82) is 0 Å². The molecule has 1 atom stereocenters. The van der Waals surface area contributed by atoms with Gasteiger partial charge in [0.1, 0.15) is 18.8 Å². The summed E-state index contributed by atoms with van der Waals surface area (Å²) in [5.41, 5.74) is 1.09. The van der Waals surface area contributed by atoms with Crippen LogP contribution in [-0.4, -0.2) is 47.7 Å². The van der Waals surface area contributed by atoms with Crippen LogP contribution in [0.15, 0.2) is 6.33 Å². The summed E-state index contributed by atoms with van der Waals surface area (Å²) < 4.78 is 6.03. The number of hydrogen-bond acceptors (Lipinski definition) is 5. The van der Waals surface area contributed by atoms with Crippen LogP contribution >= 0.6 is 0 Å². The van der Waals surface area contributed by atoms with Crippen LogP contribution < -0.4 is 10.1 Å². The van der Waals surface area contributed by atoms with E-state index in [1.54, 1.807) is 6.33 Å². The number of likely N-dealkylation sites (N-methyl/N-ethyl adjacent to an activating group) is 1. The topological polar surface area (TPSA) is 50.3 Å². The Morgan fingerprint density at radius 3 is 2.90 bits per heavy atom. The van der Waals surface area contributed by atoms with Gasteiger partial charge in [0.2, 0.25) is 5.88 Å². The van der Waals surface area contributed by atoms with Gasteiger partial charge >= 0.3 is 0 Å². The predicted molar refractivity (Wildman–Crippen MR) is 86.0 cm³/mol. The average Bonchev–Trinajstić information content (AvgIpc) is 2.52. The monoisotopic (exact) mass is 292 g/mol. The van der Waals surface area contributed by atoms with Crippen LogP contribution in [0.2, 0.25) is 0 Å². The van der Waals surface area contributed by atoms with Gasteiger partial charge in [0.05, 0.1) is 5.56 Å². The minimum atomic E-state index is 0.505. The number of nitrogens with zero attached hydrogens (tertiary/aromatic N) is 3.